The Balaban J connectivity index is 1.90. The number of nitrogens with two attached hydrogens (primary N) is 1. The molecule has 0 aliphatic carbocycles. The zero-order valence-corrected chi connectivity index (χ0v) is 11.9. The molecule has 1 aliphatic rings. The molecule has 1 saturated heterocycles. The van der Waals surface area contributed by atoms with Crippen molar-refractivity contribution in [2.45, 2.75) is 31.8 Å². The van der Waals surface area contributed by atoms with Crippen molar-refractivity contribution >= 4 is 0 Å². The summed E-state index contributed by atoms with van der Waals surface area (Å²) in [4.78, 5) is 2.42. The quantitative estimate of drug-likeness (QED) is 0.854. The van der Waals surface area contributed by atoms with E-state index in [9.17, 15) is 0 Å². The van der Waals surface area contributed by atoms with E-state index in [0.29, 0.717) is 12.6 Å². The van der Waals surface area contributed by atoms with Gasteiger partial charge in [-0.1, -0.05) is 6.07 Å². The van der Waals surface area contributed by atoms with Crippen LogP contribution in [0.1, 0.15) is 24.8 Å². The van der Waals surface area contributed by atoms with Gasteiger partial charge in [-0.15, -0.1) is 0 Å². The fraction of sp³-hybridized carbons (Fsp3) is 0.600. The number of likely N-dealkylation sites (tertiary alicyclic amines) is 1. The third-order valence-electron chi connectivity index (χ3n) is 3.87. The summed E-state index contributed by atoms with van der Waals surface area (Å²) >= 11 is 0. The van der Waals surface area contributed by atoms with Crippen LogP contribution in [-0.4, -0.2) is 38.3 Å². The number of rotatable bonds is 6. The van der Waals surface area contributed by atoms with E-state index in [2.05, 4.69) is 11.9 Å². The monoisotopic (exact) mass is 264 g/mol. The summed E-state index contributed by atoms with van der Waals surface area (Å²) in [6.45, 7) is 2.43. The molecule has 0 spiro atoms. The van der Waals surface area contributed by atoms with Gasteiger partial charge in [-0.05, 0) is 38.9 Å². The van der Waals surface area contributed by atoms with Gasteiger partial charge in [0.2, 0.25) is 0 Å². The van der Waals surface area contributed by atoms with Crippen LogP contribution >= 0.6 is 0 Å². The Bertz CT molecular complexity index is 409. The molecule has 0 amide bonds. The Morgan fingerprint density at radius 2 is 2.26 bits per heavy atom. The SMILES string of the molecule is COc1ccc(CN)c(OCCC2CCCN2C)c1. The van der Waals surface area contributed by atoms with E-state index >= 15 is 0 Å². The molecular formula is C15H24N2O2. The molecule has 1 fully saturated rings. The predicted molar refractivity (Wildman–Crippen MR) is 76.6 cm³/mol. The lowest BCUT2D eigenvalue weighted by molar-refractivity contribution is 0.231. The topological polar surface area (TPSA) is 47.7 Å². The number of hydrogen-bond acceptors (Lipinski definition) is 4. The highest BCUT2D eigenvalue weighted by atomic mass is 16.5. The molecule has 1 aromatic rings. The number of nitrogens with zero attached hydrogens (tertiary/aromatic N) is 1. The van der Waals surface area contributed by atoms with Gasteiger partial charge in [-0.3, -0.25) is 0 Å². The standard InChI is InChI=1S/C15H24N2O2/c1-17-8-3-4-13(17)7-9-19-15-10-14(18-2)6-5-12(15)11-16/h5-6,10,13H,3-4,7-9,11,16H2,1-2H3. The molecule has 19 heavy (non-hydrogen) atoms. The van der Waals surface area contributed by atoms with Crippen LogP contribution in [0.15, 0.2) is 18.2 Å². The van der Waals surface area contributed by atoms with Gasteiger partial charge >= 0.3 is 0 Å². The van der Waals surface area contributed by atoms with Crippen LogP contribution in [-0.2, 0) is 6.54 Å². The maximum absolute atomic E-state index is 5.89. The average molecular weight is 264 g/mol. The van der Waals surface area contributed by atoms with Gasteiger partial charge in [0.05, 0.1) is 13.7 Å². The fourth-order valence-electron chi connectivity index (χ4n) is 2.61. The summed E-state index contributed by atoms with van der Waals surface area (Å²) in [7, 11) is 3.85. The first-order valence-electron chi connectivity index (χ1n) is 6.94. The Morgan fingerprint density at radius 3 is 2.89 bits per heavy atom. The number of hydrogen-bond donors (Lipinski definition) is 1. The van der Waals surface area contributed by atoms with Crippen molar-refractivity contribution in [1.29, 1.82) is 0 Å². The number of ether oxygens (including phenoxy) is 2. The van der Waals surface area contributed by atoms with E-state index < -0.39 is 0 Å². The molecule has 1 atom stereocenters. The molecule has 1 aromatic carbocycles. The lowest BCUT2D eigenvalue weighted by Crippen LogP contribution is -2.26. The molecule has 0 aromatic heterocycles. The summed E-state index contributed by atoms with van der Waals surface area (Å²) in [5.41, 5.74) is 6.76. The minimum Gasteiger partial charge on any atom is -0.497 e. The average Bonchev–Trinajstić information content (AvgIpc) is 2.84. The smallest absolute Gasteiger partial charge is 0.127 e. The minimum absolute atomic E-state index is 0.489. The van der Waals surface area contributed by atoms with Crippen LogP contribution in [0.3, 0.4) is 0 Å². The molecule has 1 unspecified atom stereocenters. The predicted octanol–water partition coefficient (Wildman–Crippen LogP) is 2.02. The van der Waals surface area contributed by atoms with Crippen LogP contribution in [0.2, 0.25) is 0 Å². The van der Waals surface area contributed by atoms with Crippen molar-refractivity contribution in [2.75, 3.05) is 27.3 Å². The zero-order valence-electron chi connectivity index (χ0n) is 11.9. The van der Waals surface area contributed by atoms with Crippen molar-refractivity contribution in [1.82, 2.24) is 4.90 Å². The van der Waals surface area contributed by atoms with E-state index in [1.807, 2.05) is 18.2 Å². The van der Waals surface area contributed by atoms with Crippen molar-refractivity contribution in [3.63, 3.8) is 0 Å². The maximum Gasteiger partial charge on any atom is 0.127 e. The normalized spacial score (nSPS) is 19.6. The van der Waals surface area contributed by atoms with Crippen LogP contribution in [0, 0.1) is 0 Å². The van der Waals surface area contributed by atoms with Crippen LogP contribution in [0.5, 0.6) is 11.5 Å². The van der Waals surface area contributed by atoms with E-state index in [4.69, 9.17) is 15.2 Å². The second-order valence-corrected chi connectivity index (χ2v) is 5.09. The maximum atomic E-state index is 5.89. The van der Waals surface area contributed by atoms with Gasteiger partial charge in [0.1, 0.15) is 11.5 Å². The van der Waals surface area contributed by atoms with Gasteiger partial charge in [0.25, 0.3) is 0 Å². The molecule has 4 heteroatoms. The van der Waals surface area contributed by atoms with Crippen molar-refractivity contribution in [2.24, 2.45) is 5.73 Å². The highest BCUT2D eigenvalue weighted by Gasteiger charge is 2.20. The summed E-state index contributed by atoms with van der Waals surface area (Å²) in [5.74, 6) is 1.66. The molecule has 4 nitrogen and oxygen atoms in total. The first kappa shape index (κ1) is 14.2. The third kappa shape index (κ3) is 3.61. The summed E-state index contributed by atoms with van der Waals surface area (Å²) < 4.78 is 11.1. The number of methoxy groups -OCH3 is 1. The number of benzene rings is 1. The van der Waals surface area contributed by atoms with Crippen molar-refractivity contribution in [3.8, 4) is 11.5 Å². The Labute approximate surface area is 115 Å². The van der Waals surface area contributed by atoms with Gasteiger partial charge in [-0.25, -0.2) is 0 Å². The van der Waals surface area contributed by atoms with Gasteiger partial charge in [0, 0.05) is 24.2 Å². The molecule has 0 bridgehead atoms. The lowest BCUT2D eigenvalue weighted by Gasteiger charge is -2.20. The molecule has 1 heterocycles. The first-order valence-corrected chi connectivity index (χ1v) is 6.94. The largest absolute Gasteiger partial charge is 0.497 e. The highest BCUT2D eigenvalue weighted by Crippen LogP contribution is 2.25. The molecule has 0 radical (unpaired) electrons. The Hall–Kier alpha value is -1.26. The molecule has 106 valence electrons. The third-order valence-corrected chi connectivity index (χ3v) is 3.87. The van der Waals surface area contributed by atoms with E-state index in [-0.39, 0.29) is 0 Å². The minimum atomic E-state index is 0.489. The van der Waals surface area contributed by atoms with Gasteiger partial charge in [-0.2, -0.15) is 0 Å². The van der Waals surface area contributed by atoms with E-state index in [1.54, 1.807) is 7.11 Å². The lowest BCUT2D eigenvalue weighted by atomic mass is 10.1. The van der Waals surface area contributed by atoms with Gasteiger partial charge < -0.3 is 20.1 Å². The second-order valence-electron chi connectivity index (χ2n) is 5.09. The zero-order chi connectivity index (χ0) is 13.7. The Kier molecular flexibility index (Phi) is 5.05. The Morgan fingerprint density at radius 1 is 1.42 bits per heavy atom. The van der Waals surface area contributed by atoms with Crippen LogP contribution < -0.4 is 15.2 Å². The molecule has 2 N–H and O–H groups in total. The summed E-state index contributed by atoms with van der Waals surface area (Å²) in [6, 6.07) is 6.46. The highest BCUT2D eigenvalue weighted by molar-refractivity contribution is 5.40. The summed E-state index contributed by atoms with van der Waals surface area (Å²) in [5, 5.41) is 0. The fourth-order valence-corrected chi connectivity index (χ4v) is 2.61. The molecular weight excluding hydrogens is 240 g/mol. The van der Waals surface area contributed by atoms with Crippen LogP contribution in [0.4, 0.5) is 0 Å². The second kappa shape index (κ2) is 6.78. The van der Waals surface area contributed by atoms with Crippen LogP contribution in [0.25, 0.3) is 0 Å². The first-order chi connectivity index (χ1) is 9.24. The molecule has 0 saturated carbocycles. The van der Waals surface area contributed by atoms with Crippen molar-refractivity contribution in [3.05, 3.63) is 23.8 Å². The van der Waals surface area contributed by atoms with E-state index in [0.717, 1.165) is 30.1 Å². The van der Waals surface area contributed by atoms with E-state index in [1.165, 1.54) is 19.4 Å². The summed E-state index contributed by atoms with van der Waals surface area (Å²) in [6.07, 6.45) is 3.65. The molecule has 2 rings (SSSR count). The molecule has 1 aliphatic heterocycles. The van der Waals surface area contributed by atoms with Gasteiger partial charge in [0.15, 0.2) is 0 Å². The van der Waals surface area contributed by atoms with Crippen molar-refractivity contribution < 1.29 is 9.47 Å².